The van der Waals surface area contributed by atoms with Crippen LogP contribution in [0.3, 0.4) is 0 Å². The van der Waals surface area contributed by atoms with E-state index in [1.54, 1.807) is 36.2 Å². The maximum atomic E-state index is 12.8. The van der Waals surface area contributed by atoms with Gasteiger partial charge in [0.25, 0.3) is 11.8 Å². The van der Waals surface area contributed by atoms with Crippen molar-refractivity contribution in [1.29, 1.82) is 0 Å². The van der Waals surface area contributed by atoms with Crippen LogP contribution in [-0.4, -0.2) is 60.2 Å². The summed E-state index contributed by atoms with van der Waals surface area (Å²) in [5.41, 5.74) is 5.87. The maximum Gasteiger partial charge on any atom is 0.265 e. The molecule has 27 heavy (non-hydrogen) atoms. The maximum absolute atomic E-state index is 12.8. The molecular weight excluding hydrogens is 392 g/mol. The molecule has 0 atom stereocenters. The Labute approximate surface area is 162 Å². The minimum absolute atomic E-state index is 0.0104. The Morgan fingerprint density at radius 1 is 1.07 bits per heavy atom. The first-order valence-electron chi connectivity index (χ1n) is 8.21. The molecule has 2 heterocycles. The number of hydrogen-bond acceptors (Lipinski definition) is 4. The highest BCUT2D eigenvalue weighted by Crippen LogP contribution is 2.21. The fourth-order valence-electron chi connectivity index (χ4n) is 2.98. The van der Waals surface area contributed by atoms with Gasteiger partial charge in [0, 0.05) is 50.0 Å². The molecule has 10 heteroatoms. The summed E-state index contributed by atoms with van der Waals surface area (Å²) in [6, 6.07) is 7.83. The number of primary amides is 1. The highest BCUT2D eigenvalue weighted by atomic mass is 35.5. The van der Waals surface area contributed by atoms with E-state index in [2.05, 4.69) is 0 Å². The summed E-state index contributed by atoms with van der Waals surface area (Å²) < 4.78 is 28.3. The van der Waals surface area contributed by atoms with E-state index in [4.69, 9.17) is 17.3 Å². The van der Waals surface area contributed by atoms with Gasteiger partial charge in [0.2, 0.25) is 10.0 Å². The van der Waals surface area contributed by atoms with Crippen LogP contribution in [0.5, 0.6) is 0 Å². The SMILES string of the molecule is Cn1cc(S(=O)(=O)N2CCN(C(=O)c3ccc(Cl)cc3)CC2)cc1C(N)=O. The van der Waals surface area contributed by atoms with Crippen LogP contribution in [0.15, 0.2) is 41.4 Å². The first-order valence-corrected chi connectivity index (χ1v) is 10.0. The van der Waals surface area contributed by atoms with Gasteiger partial charge >= 0.3 is 0 Å². The second kappa shape index (κ2) is 7.34. The van der Waals surface area contributed by atoms with Crippen molar-refractivity contribution in [2.45, 2.75) is 4.90 Å². The van der Waals surface area contributed by atoms with Crippen molar-refractivity contribution < 1.29 is 18.0 Å². The first-order chi connectivity index (χ1) is 12.7. The molecule has 2 amide bonds. The number of hydrogen-bond donors (Lipinski definition) is 1. The fraction of sp³-hybridized carbons (Fsp3) is 0.294. The fourth-order valence-corrected chi connectivity index (χ4v) is 4.60. The smallest absolute Gasteiger partial charge is 0.265 e. The van der Waals surface area contributed by atoms with Crippen molar-refractivity contribution in [2.24, 2.45) is 12.8 Å². The van der Waals surface area contributed by atoms with E-state index in [-0.39, 0.29) is 42.7 Å². The number of piperazine rings is 1. The zero-order valence-corrected chi connectivity index (χ0v) is 16.2. The summed E-state index contributed by atoms with van der Waals surface area (Å²) in [6.07, 6.45) is 1.36. The molecule has 2 N–H and O–H groups in total. The molecule has 0 radical (unpaired) electrons. The van der Waals surface area contributed by atoms with Crippen LogP contribution in [0.25, 0.3) is 0 Å². The minimum atomic E-state index is -3.77. The first kappa shape index (κ1) is 19.4. The van der Waals surface area contributed by atoms with Crippen molar-refractivity contribution in [3.05, 3.63) is 52.8 Å². The molecule has 1 fully saturated rings. The number of nitrogens with two attached hydrogens (primary N) is 1. The van der Waals surface area contributed by atoms with Gasteiger partial charge in [0.1, 0.15) is 10.6 Å². The van der Waals surface area contributed by atoms with Gasteiger partial charge in [-0.3, -0.25) is 9.59 Å². The lowest BCUT2D eigenvalue weighted by atomic mass is 10.2. The molecule has 0 unspecified atom stereocenters. The third kappa shape index (κ3) is 3.85. The molecule has 1 aromatic carbocycles. The van der Waals surface area contributed by atoms with Gasteiger partial charge in [-0.1, -0.05) is 11.6 Å². The highest BCUT2D eigenvalue weighted by Gasteiger charge is 2.31. The Kier molecular flexibility index (Phi) is 5.27. The summed E-state index contributed by atoms with van der Waals surface area (Å²) in [5.74, 6) is -0.864. The predicted molar refractivity (Wildman–Crippen MR) is 100 cm³/mol. The quantitative estimate of drug-likeness (QED) is 0.808. The molecule has 1 aliphatic heterocycles. The van der Waals surface area contributed by atoms with E-state index >= 15 is 0 Å². The standard InChI is InChI=1S/C17H19ClN4O4S/c1-20-11-14(10-15(20)16(19)23)27(25,26)22-8-6-21(7-9-22)17(24)12-2-4-13(18)5-3-12/h2-5,10-11H,6-9H2,1H3,(H2,19,23). The summed E-state index contributed by atoms with van der Waals surface area (Å²) in [7, 11) is -2.21. The molecule has 0 saturated carbocycles. The highest BCUT2D eigenvalue weighted by molar-refractivity contribution is 7.89. The molecule has 1 saturated heterocycles. The number of aryl methyl sites for hydroxylation is 1. The van der Waals surface area contributed by atoms with Crippen LogP contribution in [0.2, 0.25) is 5.02 Å². The summed E-state index contributed by atoms with van der Waals surface area (Å²) >= 11 is 5.83. The molecule has 1 aliphatic rings. The van der Waals surface area contributed by atoms with Gasteiger partial charge in [0.15, 0.2) is 0 Å². The number of amides is 2. The Balaban J connectivity index is 1.71. The summed E-state index contributed by atoms with van der Waals surface area (Å²) in [6.45, 7) is 0.886. The second-order valence-corrected chi connectivity index (χ2v) is 8.61. The van der Waals surface area contributed by atoms with E-state index in [9.17, 15) is 18.0 Å². The van der Waals surface area contributed by atoms with E-state index in [1.165, 1.54) is 21.1 Å². The Bertz CT molecular complexity index is 977. The Hall–Kier alpha value is -2.36. The lowest BCUT2D eigenvalue weighted by Crippen LogP contribution is -2.50. The number of halogens is 1. The van der Waals surface area contributed by atoms with E-state index in [1.807, 2.05) is 0 Å². The monoisotopic (exact) mass is 410 g/mol. The Morgan fingerprint density at radius 2 is 1.67 bits per heavy atom. The molecule has 0 bridgehead atoms. The zero-order valence-electron chi connectivity index (χ0n) is 14.6. The molecule has 0 aliphatic carbocycles. The predicted octanol–water partition coefficient (Wildman–Crippen LogP) is 0.924. The molecular formula is C17H19ClN4O4S. The molecule has 8 nitrogen and oxygen atoms in total. The third-order valence-corrected chi connectivity index (χ3v) is 6.60. The van der Waals surface area contributed by atoms with Crippen molar-refractivity contribution in [2.75, 3.05) is 26.2 Å². The molecule has 1 aromatic heterocycles. The second-order valence-electron chi connectivity index (χ2n) is 6.24. The number of carbonyl (C=O) groups excluding carboxylic acids is 2. The average molecular weight is 411 g/mol. The van der Waals surface area contributed by atoms with Gasteiger partial charge in [-0.05, 0) is 30.3 Å². The number of carbonyl (C=O) groups is 2. The topological polar surface area (TPSA) is 106 Å². The van der Waals surface area contributed by atoms with Crippen molar-refractivity contribution >= 4 is 33.4 Å². The molecule has 0 spiro atoms. The van der Waals surface area contributed by atoms with Gasteiger partial charge in [-0.25, -0.2) is 8.42 Å². The van der Waals surface area contributed by atoms with Gasteiger partial charge < -0.3 is 15.2 Å². The molecule has 144 valence electrons. The number of rotatable bonds is 4. The number of benzene rings is 1. The lowest BCUT2D eigenvalue weighted by Gasteiger charge is -2.33. The number of nitrogens with zero attached hydrogens (tertiary/aromatic N) is 3. The van der Waals surface area contributed by atoms with Crippen molar-refractivity contribution in [3.8, 4) is 0 Å². The summed E-state index contributed by atoms with van der Waals surface area (Å²) in [5, 5.41) is 0.542. The van der Waals surface area contributed by atoms with E-state index in [0.717, 1.165) is 0 Å². The van der Waals surface area contributed by atoms with E-state index in [0.29, 0.717) is 10.6 Å². The van der Waals surface area contributed by atoms with E-state index < -0.39 is 15.9 Å². The lowest BCUT2D eigenvalue weighted by molar-refractivity contribution is 0.0697. The van der Waals surface area contributed by atoms with Crippen LogP contribution in [-0.2, 0) is 17.1 Å². The van der Waals surface area contributed by atoms with Crippen LogP contribution in [0, 0.1) is 0 Å². The minimum Gasteiger partial charge on any atom is -0.364 e. The third-order valence-electron chi connectivity index (χ3n) is 4.49. The normalized spacial score (nSPS) is 15.7. The summed E-state index contributed by atoms with van der Waals surface area (Å²) in [4.78, 5) is 25.5. The van der Waals surface area contributed by atoms with Gasteiger partial charge in [-0.2, -0.15) is 4.31 Å². The average Bonchev–Trinajstić information content (AvgIpc) is 3.05. The van der Waals surface area contributed by atoms with Gasteiger partial charge in [0.05, 0.1) is 0 Å². The largest absolute Gasteiger partial charge is 0.364 e. The number of aromatic nitrogens is 1. The number of sulfonamides is 1. The molecule has 3 rings (SSSR count). The van der Waals surface area contributed by atoms with Gasteiger partial charge in [-0.15, -0.1) is 0 Å². The van der Waals surface area contributed by atoms with Crippen LogP contribution in [0.1, 0.15) is 20.8 Å². The van der Waals surface area contributed by atoms with Crippen molar-refractivity contribution in [3.63, 3.8) is 0 Å². The molecule has 2 aromatic rings. The van der Waals surface area contributed by atoms with Crippen LogP contribution >= 0.6 is 11.6 Å². The van der Waals surface area contributed by atoms with Crippen LogP contribution in [0.4, 0.5) is 0 Å². The van der Waals surface area contributed by atoms with Crippen LogP contribution < -0.4 is 5.73 Å². The zero-order chi connectivity index (χ0) is 19.8. The van der Waals surface area contributed by atoms with Crippen molar-refractivity contribution in [1.82, 2.24) is 13.8 Å². The Morgan fingerprint density at radius 3 is 2.19 bits per heavy atom.